The summed E-state index contributed by atoms with van der Waals surface area (Å²) >= 11 is 1.81. The fourth-order valence-electron chi connectivity index (χ4n) is 9.00. The Hall–Kier alpha value is -7.20. The molecule has 2 nitrogen and oxygen atoms in total. The summed E-state index contributed by atoms with van der Waals surface area (Å²) in [6, 6.07) is 64.3. The summed E-state index contributed by atoms with van der Waals surface area (Å²) in [6.07, 6.45) is 8.51. The van der Waals surface area contributed by atoms with Gasteiger partial charge in [0.2, 0.25) is 0 Å². The van der Waals surface area contributed by atoms with Crippen LogP contribution in [0.5, 0.6) is 0 Å². The Kier molecular flexibility index (Phi) is 11.3. The van der Waals surface area contributed by atoms with Crippen LogP contribution in [0.25, 0.3) is 77.9 Å². The fourth-order valence-corrected chi connectivity index (χ4v) is 10.2. The highest BCUT2D eigenvalue weighted by Gasteiger charge is 2.20. The lowest BCUT2D eigenvalue weighted by Gasteiger charge is -2.27. The van der Waals surface area contributed by atoms with E-state index in [0.29, 0.717) is 0 Å². The molecule has 10 aromatic rings. The van der Waals surface area contributed by atoms with Crippen molar-refractivity contribution in [3.05, 3.63) is 221 Å². The van der Waals surface area contributed by atoms with E-state index >= 15 is 0 Å². The monoisotopic (exact) mass is 818 g/mol. The first-order chi connectivity index (χ1) is 30.6. The number of thiophene rings is 1. The number of allylic oxidation sites excluding steroid dienone is 2. The molecular weight excluding hydrogens is 769 g/mol. The van der Waals surface area contributed by atoms with Gasteiger partial charge < -0.3 is 9.47 Å². The minimum atomic E-state index is 1.10. The Labute approximate surface area is 369 Å². The number of anilines is 3. The fraction of sp³-hybridized carbons (Fsp3) is 0.0847. The second-order valence-electron chi connectivity index (χ2n) is 15.3. The summed E-state index contributed by atoms with van der Waals surface area (Å²) in [5.41, 5.74) is 14.3. The van der Waals surface area contributed by atoms with Crippen LogP contribution in [-0.2, 0) is 0 Å². The van der Waals surface area contributed by atoms with E-state index in [2.05, 4.69) is 231 Å². The van der Waals surface area contributed by atoms with E-state index < -0.39 is 0 Å². The molecule has 0 saturated heterocycles. The van der Waals surface area contributed by atoms with Crippen molar-refractivity contribution in [1.82, 2.24) is 4.57 Å². The lowest BCUT2D eigenvalue weighted by Crippen LogP contribution is -2.10. The minimum Gasteiger partial charge on any atom is -0.310 e. The lowest BCUT2D eigenvalue weighted by atomic mass is 9.98. The molecule has 0 bridgehead atoms. The molecule has 0 aliphatic rings. The predicted molar refractivity (Wildman–Crippen MR) is 274 cm³/mol. The molecule has 0 unspecified atom stereocenters. The molecule has 0 saturated carbocycles. The molecule has 2 aromatic heterocycles. The molecule has 2 heterocycles. The van der Waals surface area contributed by atoms with Crippen LogP contribution in [0.1, 0.15) is 54.1 Å². The van der Waals surface area contributed by atoms with E-state index in [1.54, 1.807) is 0 Å². The zero-order chi connectivity index (χ0) is 42.7. The van der Waals surface area contributed by atoms with Crippen LogP contribution in [0.3, 0.4) is 0 Å². The summed E-state index contributed by atoms with van der Waals surface area (Å²) in [5.74, 6) is 0. The van der Waals surface area contributed by atoms with Gasteiger partial charge in [0.15, 0.2) is 0 Å². The van der Waals surface area contributed by atoms with Crippen molar-refractivity contribution in [2.24, 2.45) is 0 Å². The first-order valence-corrected chi connectivity index (χ1v) is 22.4. The van der Waals surface area contributed by atoms with E-state index in [4.69, 9.17) is 0 Å². The van der Waals surface area contributed by atoms with Gasteiger partial charge in [-0.2, -0.15) is 0 Å². The Morgan fingerprint density at radius 2 is 1.16 bits per heavy atom. The molecule has 8 aromatic carbocycles. The van der Waals surface area contributed by atoms with Crippen molar-refractivity contribution in [3.63, 3.8) is 0 Å². The van der Waals surface area contributed by atoms with Gasteiger partial charge >= 0.3 is 0 Å². The molecule has 0 fully saturated rings. The van der Waals surface area contributed by atoms with Gasteiger partial charge in [-0.1, -0.05) is 166 Å². The highest BCUT2D eigenvalue weighted by atomic mass is 32.1. The highest BCUT2D eigenvalue weighted by Crippen LogP contribution is 2.43. The molecule has 62 heavy (non-hydrogen) atoms. The first kappa shape index (κ1) is 40.2. The highest BCUT2D eigenvalue weighted by molar-refractivity contribution is 7.14. The molecule has 0 N–H and O–H groups in total. The Morgan fingerprint density at radius 3 is 1.85 bits per heavy atom. The van der Waals surface area contributed by atoms with Crippen LogP contribution in [0, 0.1) is 6.92 Å². The number of nitrogens with zero attached hydrogens (tertiary/aromatic N) is 2. The number of fused-ring (bicyclic) bond motifs is 5. The predicted octanol–water partition coefficient (Wildman–Crippen LogP) is 17.8. The molecule has 0 radical (unpaired) electrons. The van der Waals surface area contributed by atoms with Gasteiger partial charge in [0, 0.05) is 42.7 Å². The summed E-state index contributed by atoms with van der Waals surface area (Å²) in [6.45, 7) is 14.5. The largest absolute Gasteiger partial charge is 0.310 e. The van der Waals surface area contributed by atoms with Crippen LogP contribution < -0.4 is 4.90 Å². The Balaban J connectivity index is 0.00000242. The van der Waals surface area contributed by atoms with Crippen molar-refractivity contribution >= 4 is 89.5 Å². The van der Waals surface area contributed by atoms with Crippen molar-refractivity contribution in [1.29, 1.82) is 0 Å². The van der Waals surface area contributed by atoms with Gasteiger partial charge in [-0.25, -0.2) is 0 Å². The number of aromatic nitrogens is 1. The van der Waals surface area contributed by atoms with Crippen LogP contribution in [0.15, 0.2) is 195 Å². The quantitative estimate of drug-likeness (QED) is 0.141. The molecular formula is C59H50N2S. The number of benzene rings is 8. The molecule has 3 heteroatoms. The minimum absolute atomic E-state index is 1.10. The number of rotatable bonds is 9. The molecule has 302 valence electrons. The summed E-state index contributed by atoms with van der Waals surface area (Å²) in [4.78, 5) is 4.88. The maximum Gasteiger partial charge on any atom is 0.0541 e. The second-order valence-corrected chi connectivity index (χ2v) is 16.3. The topological polar surface area (TPSA) is 8.17 Å². The van der Waals surface area contributed by atoms with Gasteiger partial charge in [-0.3, -0.25) is 0 Å². The van der Waals surface area contributed by atoms with E-state index in [1.807, 2.05) is 31.3 Å². The van der Waals surface area contributed by atoms with Crippen LogP contribution >= 0.6 is 11.3 Å². The van der Waals surface area contributed by atoms with Gasteiger partial charge in [-0.05, 0) is 120 Å². The lowest BCUT2D eigenvalue weighted by molar-refractivity contribution is 1.20. The SMILES string of the molecule is C=Cc1sc(/C(=C\C)c2ccc(N(c3ccc(-c4ccc5c(c4)c4ccccc4n5-c4cccc5ccccc45)cc3)c3cccc4ccccc34)cc2)c(C)c1/C=C\C.CC. The van der Waals surface area contributed by atoms with E-state index in [9.17, 15) is 0 Å². The van der Waals surface area contributed by atoms with Gasteiger partial charge in [0.25, 0.3) is 0 Å². The zero-order valence-corrected chi connectivity index (χ0v) is 36.9. The molecule has 0 amide bonds. The van der Waals surface area contributed by atoms with Crippen molar-refractivity contribution in [2.75, 3.05) is 4.90 Å². The van der Waals surface area contributed by atoms with Gasteiger partial charge in [0.05, 0.1) is 22.4 Å². The first-order valence-electron chi connectivity index (χ1n) is 21.6. The summed E-state index contributed by atoms with van der Waals surface area (Å²) in [5, 5.41) is 7.40. The molecule has 0 atom stereocenters. The van der Waals surface area contributed by atoms with Crippen molar-refractivity contribution < 1.29 is 0 Å². The Morgan fingerprint density at radius 1 is 0.581 bits per heavy atom. The summed E-state index contributed by atoms with van der Waals surface area (Å²) in [7, 11) is 0. The smallest absolute Gasteiger partial charge is 0.0541 e. The number of para-hydroxylation sites is 1. The molecule has 0 aliphatic carbocycles. The van der Waals surface area contributed by atoms with E-state index in [0.717, 1.165) is 17.1 Å². The third kappa shape index (κ3) is 7.05. The average Bonchev–Trinajstić information content (AvgIpc) is 3.83. The third-order valence-corrected chi connectivity index (χ3v) is 13.2. The van der Waals surface area contributed by atoms with E-state index in [1.165, 1.54) is 92.2 Å². The van der Waals surface area contributed by atoms with Crippen molar-refractivity contribution in [2.45, 2.75) is 34.6 Å². The second kappa shape index (κ2) is 17.4. The normalized spacial score (nSPS) is 11.7. The van der Waals surface area contributed by atoms with E-state index in [-0.39, 0.29) is 0 Å². The number of hydrogen-bond acceptors (Lipinski definition) is 2. The standard InChI is InChI=1S/C57H44N2S.C2H6/c1-5-16-47-38(4)57(60-56(47)7-3)46(6-2)42-29-34-45(35-30-42)58(52-25-14-19-40-17-8-10-21-48(40)52)44-32-27-39(28-33-44)43-31-36-55-51(37-43)50-23-12-13-24-54(50)59(55)53-26-15-20-41-18-9-11-22-49(41)53;1-2/h5-37H,3H2,1-2,4H3;1-2H3/b16-5-,46-6-;. The number of hydrogen-bond donors (Lipinski definition) is 0. The maximum atomic E-state index is 4.11. The molecule has 0 aliphatic heterocycles. The molecule has 10 rings (SSSR count). The summed E-state index contributed by atoms with van der Waals surface area (Å²) < 4.78 is 2.42. The van der Waals surface area contributed by atoms with Gasteiger partial charge in [-0.15, -0.1) is 11.3 Å². The maximum absolute atomic E-state index is 4.11. The van der Waals surface area contributed by atoms with Crippen LogP contribution in [0.4, 0.5) is 17.1 Å². The van der Waals surface area contributed by atoms with Gasteiger partial charge in [0.1, 0.15) is 0 Å². The average molecular weight is 819 g/mol. The molecule has 0 spiro atoms. The zero-order valence-electron chi connectivity index (χ0n) is 36.1. The van der Waals surface area contributed by atoms with Crippen LogP contribution in [0.2, 0.25) is 0 Å². The third-order valence-electron chi connectivity index (χ3n) is 11.9. The Bertz CT molecular complexity index is 3290. The van der Waals surface area contributed by atoms with Crippen molar-refractivity contribution in [3.8, 4) is 16.8 Å². The van der Waals surface area contributed by atoms with Crippen LogP contribution in [-0.4, -0.2) is 4.57 Å².